The molecule has 30 heavy (non-hydrogen) atoms. The number of rotatable bonds is 5. The van der Waals surface area contributed by atoms with E-state index in [2.05, 4.69) is 25.2 Å². The number of anilines is 1. The number of amides is 2. The summed E-state index contributed by atoms with van der Waals surface area (Å²) in [6.07, 6.45) is 4.26. The highest BCUT2D eigenvalue weighted by atomic mass is 32.1. The van der Waals surface area contributed by atoms with Gasteiger partial charge in [0.1, 0.15) is 5.52 Å². The van der Waals surface area contributed by atoms with Gasteiger partial charge in [-0.3, -0.25) is 19.8 Å². The van der Waals surface area contributed by atoms with Crippen molar-refractivity contribution in [2.75, 3.05) is 11.9 Å². The minimum absolute atomic E-state index is 0.0210. The molecule has 5 rings (SSSR count). The molecule has 1 aliphatic rings. The standard InChI is InChI=1S/C20H18N6O3S/c21-17(27)18-22-14-3-1-2-12(16(14)24-18)19(28)25-20-23-13-4-6-26(9-15(13)30-20)8-11-5-7-29-10-11/h1-3,5,7,10H,4,6,8-9H2,(H2,21,27)(H,22,24)(H,23,25,28). The van der Waals surface area contributed by atoms with Gasteiger partial charge in [0.2, 0.25) is 0 Å². The number of primary amides is 1. The van der Waals surface area contributed by atoms with Crippen LogP contribution in [0.2, 0.25) is 0 Å². The molecule has 0 aliphatic carbocycles. The second kappa shape index (κ2) is 7.39. The number of aromatic nitrogens is 3. The van der Waals surface area contributed by atoms with Crippen LogP contribution in [0.25, 0.3) is 11.0 Å². The molecule has 152 valence electrons. The summed E-state index contributed by atoms with van der Waals surface area (Å²) in [4.78, 5) is 39.3. The fraction of sp³-hybridized carbons (Fsp3) is 0.200. The molecule has 9 nitrogen and oxygen atoms in total. The topological polar surface area (TPSA) is 130 Å². The van der Waals surface area contributed by atoms with E-state index in [-0.39, 0.29) is 11.7 Å². The Labute approximate surface area is 174 Å². The van der Waals surface area contributed by atoms with E-state index in [1.54, 1.807) is 30.7 Å². The first-order chi connectivity index (χ1) is 14.6. The number of aromatic amines is 1. The average Bonchev–Trinajstić information content (AvgIpc) is 3.46. The number of hydrogen-bond donors (Lipinski definition) is 3. The number of carbonyl (C=O) groups excluding carboxylic acids is 2. The van der Waals surface area contributed by atoms with Crippen LogP contribution in [-0.4, -0.2) is 38.2 Å². The maximum atomic E-state index is 12.9. The van der Waals surface area contributed by atoms with Crippen molar-refractivity contribution in [2.24, 2.45) is 5.73 Å². The maximum absolute atomic E-state index is 12.9. The van der Waals surface area contributed by atoms with Crippen molar-refractivity contribution in [3.05, 3.63) is 64.3 Å². The number of thiazole rings is 1. The van der Waals surface area contributed by atoms with Crippen LogP contribution in [0.4, 0.5) is 5.13 Å². The van der Waals surface area contributed by atoms with E-state index < -0.39 is 5.91 Å². The Morgan fingerprint density at radius 1 is 1.30 bits per heavy atom. The zero-order valence-corrected chi connectivity index (χ0v) is 16.7. The minimum Gasteiger partial charge on any atom is -0.472 e. The van der Waals surface area contributed by atoms with E-state index in [1.807, 2.05) is 6.07 Å². The van der Waals surface area contributed by atoms with E-state index in [9.17, 15) is 9.59 Å². The number of imidazole rings is 1. The molecule has 0 saturated heterocycles. The molecule has 0 radical (unpaired) electrons. The van der Waals surface area contributed by atoms with Crippen LogP contribution in [0.3, 0.4) is 0 Å². The molecule has 0 saturated carbocycles. The lowest BCUT2D eigenvalue weighted by Gasteiger charge is -2.25. The summed E-state index contributed by atoms with van der Waals surface area (Å²) in [7, 11) is 0. The number of nitrogens with one attached hydrogen (secondary N) is 2. The van der Waals surface area contributed by atoms with Crippen LogP contribution in [-0.2, 0) is 19.5 Å². The van der Waals surface area contributed by atoms with Gasteiger partial charge in [0.25, 0.3) is 11.8 Å². The molecule has 1 aliphatic heterocycles. The lowest BCUT2D eigenvalue weighted by atomic mass is 10.1. The molecule has 1 aromatic carbocycles. The molecular weight excluding hydrogens is 404 g/mol. The number of benzene rings is 1. The third kappa shape index (κ3) is 3.46. The molecule has 3 aromatic heterocycles. The number of para-hydroxylation sites is 1. The van der Waals surface area contributed by atoms with Crippen molar-refractivity contribution in [3.8, 4) is 0 Å². The predicted molar refractivity (Wildman–Crippen MR) is 111 cm³/mol. The fourth-order valence-corrected chi connectivity index (χ4v) is 4.62. The highest BCUT2D eigenvalue weighted by Crippen LogP contribution is 2.29. The van der Waals surface area contributed by atoms with Crippen molar-refractivity contribution in [3.63, 3.8) is 0 Å². The van der Waals surface area contributed by atoms with Crippen LogP contribution in [0.5, 0.6) is 0 Å². The van der Waals surface area contributed by atoms with Crippen LogP contribution >= 0.6 is 11.3 Å². The van der Waals surface area contributed by atoms with Gasteiger partial charge in [-0.05, 0) is 18.2 Å². The van der Waals surface area contributed by atoms with Gasteiger partial charge < -0.3 is 15.1 Å². The summed E-state index contributed by atoms with van der Waals surface area (Å²) in [6, 6.07) is 7.08. The number of hydrogen-bond acceptors (Lipinski definition) is 7. The highest BCUT2D eigenvalue weighted by Gasteiger charge is 2.23. The summed E-state index contributed by atoms with van der Waals surface area (Å²) in [5, 5.41) is 3.42. The monoisotopic (exact) mass is 422 g/mol. The molecule has 0 fully saturated rings. The van der Waals surface area contributed by atoms with Crippen LogP contribution in [0.15, 0.2) is 41.2 Å². The first-order valence-corrected chi connectivity index (χ1v) is 10.2. The van der Waals surface area contributed by atoms with Gasteiger partial charge in [0, 0.05) is 36.5 Å². The number of carbonyl (C=O) groups is 2. The molecule has 4 aromatic rings. The SMILES string of the molecule is NC(=O)c1nc2c(C(=O)Nc3nc4c(s3)CN(Cc3ccoc3)CC4)cccc2[nH]1. The number of furan rings is 1. The Bertz CT molecular complexity index is 1240. The van der Waals surface area contributed by atoms with E-state index in [0.29, 0.717) is 21.7 Å². The number of H-pyrrole nitrogens is 1. The number of nitrogens with two attached hydrogens (primary N) is 1. The van der Waals surface area contributed by atoms with Crippen LogP contribution in [0, 0.1) is 0 Å². The van der Waals surface area contributed by atoms with Crippen molar-refractivity contribution in [1.82, 2.24) is 19.9 Å². The van der Waals surface area contributed by atoms with Gasteiger partial charge in [0.05, 0.1) is 29.3 Å². The van der Waals surface area contributed by atoms with Gasteiger partial charge in [-0.2, -0.15) is 0 Å². The normalized spacial score (nSPS) is 14.0. The number of fused-ring (bicyclic) bond motifs is 2. The summed E-state index contributed by atoms with van der Waals surface area (Å²) < 4.78 is 5.14. The summed E-state index contributed by atoms with van der Waals surface area (Å²) in [5.41, 5.74) is 8.77. The Morgan fingerprint density at radius 2 is 2.20 bits per heavy atom. The third-order valence-corrected chi connectivity index (χ3v) is 6.01. The molecule has 4 heterocycles. The molecule has 0 spiro atoms. The molecule has 10 heteroatoms. The van der Waals surface area contributed by atoms with Crippen LogP contribution < -0.4 is 11.1 Å². The minimum atomic E-state index is -0.676. The van der Waals surface area contributed by atoms with Crippen molar-refractivity contribution >= 4 is 39.3 Å². The van der Waals surface area contributed by atoms with Gasteiger partial charge in [-0.1, -0.05) is 6.07 Å². The summed E-state index contributed by atoms with van der Waals surface area (Å²) in [5.74, 6) is -0.984. The second-order valence-electron chi connectivity index (χ2n) is 7.09. The van der Waals surface area contributed by atoms with Gasteiger partial charge in [0.15, 0.2) is 11.0 Å². The molecular formula is C20H18N6O3S. The second-order valence-corrected chi connectivity index (χ2v) is 8.17. The number of nitrogens with zero attached hydrogens (tertiary/aromatic N) is 3. The molecule has 0 unspecified atom stereocenters. The largest absolute Gasteiger partial charge is 0.472 e. The fourth-order valence-electron chi connectivity index (χ4n) is 3.57. The van der Waals surface area contributed by atoms with E-state index in [1.165, 1.54) is 11.3 Å². The van der Waals surface area contributed by atoms with Crippen molar-refractivity contribution in [1.29, 1.82) is 0 Å². The Morgan fingerprint density at radius 3 is 3.00 bits per heavy atom. The first kappa shape index (κ1) is 18.5. The van der Waals surface area contributed by atoms with Crippen LogP contribution in [0.1, 0.15) is 37.1 Å². The highest BCUT2D eigenvalue weighted by molar-refractivity contribution is 7.15. The van der Waals surface area contributed by atoms with Crippen molar-refractivity contribution in [2.45, 2.75) is 19.5 Å². The Balaban J connectivity index is 1.34. The summed E-state index contributed by atoms with van der Waals surface area (Å²) in [6.45, 7) is 2.50. The molecule has 2 amide bonds. The predicted octanol–water partition coefficient (Wildman–Crippen LogP) is 2.52. The molecule has 0 bridgehead atoms. The van der Waals surface area contributed by atoms with E-state index >= 15 is 0 Å². The Hall–Kier alpha value is -3.50. The Kier molecular flexibility index (Phi) is 4.57. The maximum Gasteiger partial charge on any atom is 0.284 e. The zero-order valence-electron chi connectivity index (χ0n) is 15.8. The zero-order chi connectivity index (χ0) is 20.7. The van der Waals surface area contributed by atoms with Crippen molar-refractivity contribution < 1.29 is 14.0 Å². The van der Waals surface area contributed by atoms with E-state index in [4.69, 9.17) is 10.2 Å². The average molecular weight is 422 g/mol. The molecule has 0 atom stereocenters. The van der Waals surface area contributed by atoms with E-state index in [0.717, 1.165) is 42.2 Å². The lowest BCUT2D eigenvalue weighted by Crippen LogP contribution is -2.29. The van der Waals surface area contributed by atoms with Gasteiger partial charge >= 0.3 is 0 Å². The smallest absolute Gasteiger partial charge is 0.284 e. The van der Waals surface area contributed by atoms with Gasteiger partial charge in [-0.15, -0.1) is 11.3 Å². The third-order valence-electron chi connectivity index (χ3n) is 5.01. The molecule has 4 N–H and O–H groups in total. The quantitative estimate of drug-likeness (QED) is 0.453. The first-order valence-electron chi connectivity index (χ1n) is 9.39. The summed E-state index contributed by atoms with van der Waals surface area (Å²) >= 11 is 1.48. The van der Waals surface area contributed by atoms with Gasteiger partial charge in [-0.25, -0.2) is 9.97 Å². The lowest BCUT2D eigenvalue weighted by molar-refractivity contribution is 0.0989.